The van der Waals surface area contributed by atoms with Gasteiger partial charge in [-0.15, -0.1) is 21.5 Å². The summed E-state index contributed by atoms with van der Waals surface area (Å²) in [5.74, 6) is 1.37. The average molecular weight is 361 g/mol. The maximum Gasteiger partial charge on any atom is 0.271 e. The van der Waals surface area contributed by atoms with Gasteiger partial charge in [0.2, 0.25) is 11.8 Å². The van der Waals surface area contributed by atoms with Crippen LogP contribution < -0.4 is 4.72 Å². The van der Waals surface area contributed by atoms with Gasteiger partial charge in [-0.05, 0) is 37.5 Å². The Kier molecular flexibility index (Phi) is 3.65. The zero-order valence-corrected chi connectivity index (χ0v) is 14.5. The molecule has 0 atom stereocenters. The Balaban J connectivity index is 1.59. The topological polar surface area (TPSA) is 85.1 Å². The predicted molar refractivity (Wildman–Crippen MR) is 91.6 cm³/mol. The molecule has 0 spiro atoms. The lowest BCUT2D eigenvalue weighted by Crippen LogP contribution is -2.12. The summed E-state index contributed by atoms with van der Waals surface area (Å²) in [5.41, 5.74) is 2.06. The number of hydrogen-bond acceptors (Lipinski definition) is 6. The van der Waals surface area contributed by atoms with Crippen LogP contribution in [0.1, 0.15) is 30.2 Å². The lowest BCUT2D eigenvalue weighted by atomic mass is 10.2. The van der Waals surface area contributed by atoms with E-state index in [1.54, 1.807) is 23.6 Å². The van der Waals surface area contributed by atoms with Crippen molar-refractivity contribution in [3.63, 3.8) is 0 Å². The van der Waals surface area contributed by atoms with Crippen molar-refractivity contribution in [1.29, 1.82) is 0 Å². The molecule has 0 unspecified atom stereocenters. The Bertz CT molecular complexity index is 987. The second-order valence-electron chi connectivity index (χ2n) is 5.79. The molecule has 8 heteroatoms. The number of benzene rings is 1. The van der Waals surface area contributed by atoms with E-state index in [2.05, 4.69) is 14.9 Å². The first-order chi connectivity index (χ1) is 11.5. The van der Waals surface area contributed by atoms with Crippen molar-refractivity contribution in [2.45, 2.75) is 29.9 Å². The summed E-state index contributed by atoms with van der Waals surface area (Å²) < 4.78 is 33.6. The number of aromatic nitrogens is 2. The molecule has 1 fully saturated rings. The highest BCUT2D eigenvalue weighted by molar-refractivity contribution is 7.94. The van der Waals surface area contributed by atoms with Gasteiger partial charge in [0.15, 0.2) is 0 Å². The van der Waals surface area contributed by atoms with E-state index in [0.29, 0.717) is 29.0 Å². The molecule has 4 rings (SSSR count). The van der Waals surface area contributed by atoms with Crippen molar-refractivity contribution in [1.82, 2.24) is 10.2 Å². The number of aryl methyl sites for hydroxylation is 1. The van der Waals surface area contributed by atoms with Crippen LogP contribution in [0.25, 0.3) is 11.5 Å². The lowest BCUT2D eigenvalue weighted by Gasteiger charge is -2.08. The molecule has 0 radical (unpaired) electrons. The van der Waals surface area contributed by atoms with Crippen LogP contribution in [0.3, 0.4) is 0 Å². The van der Waals surface area contributed by atoms with Crippen molar-refractivity contribution in [3.05, 3.63) is 47.2 Å². The number of nitrogens with one attached hydrogen (secondary N) is 1. The molecule has 2 heterocycles. The third kappa shape index (κ3) is 2.94. The first-order valence-corrected chi connectivity index (χ1v) is 9.90. The van der Waals surface area contributed by atoms with Crippen molar-refractivity contribution < 1.29 is 12.8 Å². The van der Waals surface area contributed by atoms with Gasteiger partial charge in [-0.3, -0.25) is 4.72 Å². The molecule has 1 N–H and O–H groups in total. The highest BCUT2D eigenvalue weighted by Gasteiger charge is 2.30. The fourth-order valence-electron chi connectivity index (χ4n) is 2.30. The van der Waals surface area contributed by atoms with E-state index in [1.165, 1.54) is 0 Å². The Labute approximate surface area is 143 Å². The molecule has 1 aliphatic rings. The third-order valence-electron chi connectivity index (χ3n) is 3.84. The molecule has 2 aromatic heterocycles. The van der Waals surface area contributed by atoms with Crippen LogP contribution >= 0.6 is 11.3 Å². The van der Waals surface area contributed by atoms with Crippen LogP contribution in [-0.2, 0) is 10.0 Å². The van der Waals surface area contributed by atoms with Crippen LogP contribution in [0.4, 0.5) is 5.69 Å². The van der Waals surface area contributed by atoms with E-state index in [9.17, 15) is 8.42 Å². The monoisotopic (exact) mass is 361 g/mol. The lowest BCUT2D eigenvalue weighted by molar-refractivity contribution is 0.508. The van der Waals surface area contributed by atoms with Gasteiger partial charge >= 0.3 is 0 Å². The Morgan fingerprint density at radius 1 is 1.25 bits per heavy atom. The van der Waals surface area contributed by atoms with E-state index >= 15 is 0 Å². The molecule has 0 bridgehead atoms. The van der Waals surface area contributed by atoms with E-state index < -0.39 is 10.0 Å². The average Bonchev–Trinajstić information content (AvgIpc) is 3.09. The fourth-order valence-corrected chi connectivity index (χ4v) is 4.58. The largest absolute Gasteiger partial charge is 0.420 e. The van der Waals surface area contributed by atoms with Crippen LogP contribution in [0.2, 0.25) is 0 Å². The summed E-state index contributed by atoms with van der Waals surface area (Å²) in [6.45, 7) is 1.86. The van der Waals surface area contributed by atoms with Gasteiger partial charge in [0.25, 0.3) is 10.0 Å². The van der Waals surface area contributed by atoms with Crippen molar-refractivity contribution >= 4 is 27.0 Å². The zero-order valence-electron chi connectivity index (χ0n) is 12.9. The summed E-state index contributed by atoms with van der Waals surface area (Å²) in [4.78, 5) is 0. The number of hydrogen-bond donors (Lipinski definition) is 1. The van der Waals surface area contributed by atoms with E-state index in [-0.39, 0.29) is 4.21 Å². The number of anilines is 1. The molecule has 124 valence electrons. The maximum atomic E-state index is 12.6. The molecule has 3 aromatic rings. The van der Waals surface area contributed by atoms with Crippen molar-refractivity contribution in [3.8, 4) is 11.5 Å². The smallest absolute Gasteiger partial charge is 0.271 e. The molecule has 1 saturated carbocycles. The van der Waals surface area contributed by atoms with Gasteiger partial charge in [-0.25, -0.2) is 8.42 Å². The molecular weight excluding hydrogens is 346 g/mol. The van der Waals surface area contributed by atoms with Crippen LogP contribution in [0.15, 0.2) is 44.3 Å². The molecule has 0 saturated heterocycles. The Morgan fingerprint density at radius 2 is 2.04 bits per heavy atom. The number of sulfonamides is 1. The molecule has 24 heavy (non-hydrogen) atoms. The van der Waals surface area contributed by atoms with E-state index in [1.807, 2.05) is 19.1 Å². The molecule has 1 aromatic carbocycles. The molecular formula is C16H15N3O3S2. The highest BCUT2D eigenvalue weighted by Crippen LogP contribution is 2.40. The number of nitrogens with zero attached hydrogens (tertiary/aromatic N) is 2. The second-order valence-corrected chi connectivity index (χ2v) is 8.62. The number of rotatable bonds is 5. The normalized spacial score (nSPS) is 14.7. The first kappa shape index (κ1) is 15.3. The highest BCUT2D eigenvalue weighted by atomic mass is 32.2. The quantitative estimate of drug-likeness (QED) is 0.747. The van der Waals surface area contributed by atoms with Gasteiger partial charge in [0.1, 0.15) is 4.21 Å². The Hall–Kier alpha value is -2.19. The van der Waals surface area contributed by atoms with Crippen molar-refractivity contribution in [2.24, 2.45) is 0 Å². The zero-order chi connectivity index (χ0) is 16.7. The standard InChI is InChI=1S/C16H15N3O3S2/c1-10-4-2-3-5-13(10)19-24(20,21)14-8-12(9-23-14)16-18-17-15(22-16)11-6-7-11/h2-5,8-9,11,19H,6-7H2,1H3. The summed E-state index contributed by atoms with van der Waals surface area (Å²) in [5, 5.41) is 9.76. The van der Waals surface area contributed by atoms with Gasteiger partial charge in [0, 0.05) is 11.3 Å². The van der Waals surface area contributed by atoms with Gasteiger partial charge in [-0.2, -0.15) is 0 Å². The SMILES string of the molecule is Cc1ccccc1NS(=O)(=O)c1cc(-c2nnc(C3CC3)o2)cs1. The molecule has 0 amide bonds. The molecule has 0 aliphatic heterocycles. The Morgan fingerprint density at radius 3 is 2.79 bits per heavy atom. The molecule has 6 nitrogen and oxygen atoms in total. The van der Waals surface area contributed by atoms with Gasteiger partial charge in [-0.1, -0.05) is 18.2 Å². The van der Waals surface area contributed by atoms with Gasteiger partial charge < -0.3 is 4.42 Å². The molecule has 1 aliphatic carbocycles. The van der Waals surface area contributed by atoms with Crippen LogP contribution in [-0.4, -0.2) is 18.6 Å². The van der Waals surface area contributed by atoms with Gasteiger partial charge in [0.05, 0.1) is 11.3 Å². The van der Waals surface area contributed by atoms with E-state index in [0.717, 1.165) is 29.7 Å². The third-order valence-corrected chi connectivity index (χ3v) is 6.65. The summed E-state index contributed by atoms with van der Waals surface area (Å²) in [7, 11) is -3.64. The summed E-state index contributed by atoms with van der Waals surface area (Å²) in [6.07, 6.45) is 2.15. The summed E-state index contributed by atoms with van der Waals surface area (Å²) in [6, 6.07) is 8.82. The number of para-hydroxylation sites is 1. The minimum atomic E-state index is -3.64. The van der Waals surface area contributed by atoms with Crippen LogP contribution in [0, 0.1) is 6.92 Å². The second kappa shape index (κ2) is 5.71. The first-order valence-electron chi connectivity index (χ1n) is 7.54. The fraction of sp³-hybridized carbons (Fsp3) is 0.250. The van der Waals surface area contributed by atoms with Crippen LogP contribution in [0.5, 0.6) is 0 Å². The predicted octanol–water partition coefficient (Wildman–Crippen LogP) is 3.78. The van der Waals surface area contributed by atoms with Crippen molar-refractivity contribution in [2.75, 3.05) is 4.72 Å². The minimum Gasteiger partial charge on any atom is -0.420 e. The maximum absolute atomic E-state index is 12.6. The minimum absolute atomic E-state index is 0.215. The summed E-state index contributed by atoms with van der Waals surface area (Å²) >= 11 is 1.13. The van der Waals surface area contributed by atoms with E-state index in [4.69, 9.17) is 4.42 Å². The number of thiophene rings is 1.